The molecule has 0 heterocycles. The van der Waals surface area contributed by atoms with Crippen LogP contribution in [-0.4, -0.2) is 30.4 Å². The molecule has 0 aliphatic rings. The van der Waals surface area contributed by atoms with Gasteiger partial charge in [0.1, 0.15) is 0 Å². The maximum atomic E-state index is 12.1. The van der Waals surface area contributed by atoms with Crippen LogP contribution in [-0.2, 0) is 6.54 Å². The fraction of sp³-hybridized carbons (Fsp3) is 0.611. The van der Waals surface area contributed by atoms with Crippen molar-refractivity contribution in [3.63, 3.8) is 0 Å². The number of benzene rings is 1. The van der Waals surface area contributed by atoms with E-state index in [1.54, 1.807) is 0 Å². The van der Waals surface area contributed by atoms with E-state index in [0.717, 1.165) is 24.9 Å². The highest BCUT2D eigenvalue weighted by atomic mass is 16.1. The molecule has 1 aromatic carbocycles. The average Bonchev–Trinajstić information content (AvgIpc) is 2.40. The smallest absolute Gasteiger partial charge is 0.251 e. The summed E-state index contributed by atoms with van der Waals surface area (Å²) in [5.41, 5.74) is 1.80. The second kappa shape index (κ2) is 9.56. The van der Waals surface area contributed by atoms with E-state index in [2.05, 4.69) is 31.0 Å². The number of nitrogens with zero attached hydrogens (tertiary/aromatic N) is 1. The summed E-state index contributed by atoms with van der Waals surface area (Å²) in [5, 5.41) is 3.08. The monoisotopic (exact) mass is 294 g/mol. The predicted octanol–water partition coefficient (Wildman–Crippen LogP) is 4.33. The lowest BCUT2D eigenvalue weighted by molar-refractivity contribution is 0.0909. The van der Waals surface area contributed by atoms with Gasteiger partial charge in [-0.3, -0.25) is 4.79 Å². The molecule has 0 spiro atoms. The van der Waals surface area contributed by atoms with Crippen LogP contribution < -0.4 is 5.32 Å². The zero-order valence-corrected chi connectivity index (χ0v) is 14.8. The molecule has 0 saturated heterocycles. The first-order chi connectivity index (χ1) is 9.84. The van der Waals surface area contributed by atoms with E-state index < -0.39 is 0 Å². The number of hydrogen-bond acceptors (Lipinski definition) is 2. The van der Waals surface area contributed by atoms with Crippen molar-refractivity contribution in [1.29, 1.82) is 0 Å². The third-order valence-electron chi connectivity index (χ3n) is 3.04. The summed E-state index contributed by atoms with van der Waals surface area (Å²) < 4.78 is 0. The second-order valence-electron chi connectivity index (χ2n) is 6.02. The number of carbonyl (C=O) groups is 1. The summed E-state index contributed by atoms with van der Waals surface area (Å²) in [6.45, 7) is 11.1. The largest absolute Gasteiger partial charge is 0.347 e. The Morgan fingerprint density at radius 1 is 1.19 bits per heavy atom. The summed E-state index contributed by atoms with van der Waals surface area (Å²) in [7, 11) is 4.07. The lowest BCUT2D eigenvalue weighted by Crippen LogP contribution is -2.43. The summed E-state index contributed by atoms with van der Waals surface area (Å²) in [6.07, 6.45) is 2.05. The molecule has 0 unspecified atom stereocenters. The first kappa shape index (κ1) is 19.7. The van der Waals surface area contributed by atoms with E-state index in [-0.39, 0.29) is 12.9 Å². The van der Waals surface area contributed by atoms with Crippen molar-refractivity contribution < 1.29 is 6.22 Å². The van der Waals surface area contributed by atoms with E-state index in [1.807, 2.05) is 52.2 Å². The van der Waals surface area contributed by atoms with Crippen molar-refractivity contribution in [2.45, 2.75) is 59.5 Å². The highest BCUT2D eigenvalue weighted by molar-refractivity contribution is 5.94. The molecule has 122 valence electrons. The Hall–Kier alpha value is -1.35. The second-order valence-corrected chi connectivity index (χ2v) is 6.02. The van der Waals surface area contributed by atoms with Gasteiger partial charge in [0.2, 0.25) is 0 Å². The highest BCUT2D eigenvalue weighted by Crippen LogP contribution is 2.13. The van der Waals surface area contributed by atoms with Gasteiger partial charge in [-0.2, -0.15) is 0 Å². The minimum Gasteiger partial charge on any atom is -0.347 e. The Morgan fingerprint density at radius 2 is 1.71 bits per heavy atom. The summed E-state index contributed by atoms with van der Waals surface area (Å²) >= 11 is 0. The molecule has 0 radical (unpaired) electrons. The number of amides is 1. The van der Waals surface area contributed by atoms with Gasteiger partial charge in [-0.05, 0) is 52.1 Å². The van der Waals surface area contributed by atoms with Gasteiger partial charge < -0.3 is 10.2 Å². The van der Waals surface area contributed by atoms with Crippen LogP contribution in [0.5, 0.6) is 0 Å². The molecule has 0 bridgehead atoms. The van der Waals surface area contributed by atoms with Crippen LogP contribution in [0, 0.1) is 0 Å². The molecule has 1 N–H and O–H groups in total. The van der Waals surface area contributed by atoms with E-state index in [9.17, 15) is 4.79 Å². The van der Waals surface area contributed by atoms with Crippen LogP contribution in [0.15, 0.2) is 24.3 Å². The Balaban J connectivity index is 0. The van der Waals surface area contributed by atoms with Crippen molar-refractivity contribution in [2.24, 2.45) is 0 Å². The van der Waals surface area contributed by atoms with Gasteiger partial charge in [-0.25, -0.2) is 0 Å². The Kier molecular flexibility index (Phi) is 8.95. The van der Waals surface area contributed by atoms with E-state index in [0.29, 0.717) is 0 Å². The molecule has 0 aliphatic carbocycles. The van der Waals surface area contributed by atoms with Crippen LogP contribution in [0.2, 0.25) is 0 Å². The van der Waals surface area contributed by atoms with E-state index >= 15 is 0 Å². The number of hydrogen-bond donors (Lipinski definition) is 1. The molecule has 21 heavy (non-hydrogen) atoms. The van der Waals surface area contributed by atoms with Crippen LogP contribution in [0.1, 0.15) is 64.8 Å². The van der Waals surface area contributed by atoms with Gasteiger partial charge in [0.05, 0.1) is 0 Å². The normalized spacial score (nSPS) is 10.9. The lowest BCUT2D eigenvalue weighted by Gasteiger charge is -2.25. The quantitative estimate of drug-likeness (QED) is 0.847. The van der Waals surface area contributed by atoms with Crippen molar-refractivity contribution in [1.82, 2.24) is 10.2 Å². The standard InChI is InChI=1S/C16H26N2O.C2H6.H2/c1-6-11-16(2,3)17-15(19)14-9-7-13(8-10-14)12-18(4)5;1-2;/h7-10H,6,11-12H2,1-5H3,(H,17,19);1-2H3;1H. The molecule has 3 heteroatoms. The van der Waals surface area contributed by atoms with Crippen LogP contribution in [0.3, 0.4) is 0 Å². The fourth-order valence-corrected chi connectivity index (χ4v) is 2.19. The average molecular weight is 294 g/mol. The Morgan fingerprint density at radius 3 is 2.14 bits per heavy atom. The maximum Gasteiger partial charge on any atom is 0.251 e. The number of rotatable bonds is 6. The maximum absolute atomic E-state index is 12.1. The van der Waals surface area contributed by atoms with Gasteiger partial charge >= 0.3 is 0 Å². The minimum atomic E-state index is -0.145. The fourth-order valence-electron chi connectivity index (χ4n) is 2.19. The molecule has 0 saturated carbocycles. The predicted molar refractivity (Wildman–Crippen MR) is 93.7 cm³/mol. The molecule has 0 atom stereocenters. The molecule has 1 aromatic rings. The van der Waals surface area contributed by atoms with Crippen LogP contribution in [0.4, 0.5) is 0 Å². The third kappa shape index (κ3) is 7.86. The van der Waals surface area contributed by atoms with Gasteiger partial charge in [0.25, 0.3) is 5.91 Å². The Bertz CT molecular complexity index is 414. The lowest BCUT2D eigenvalue weighted by atomic mass is 9.98. The summed E-state index contributed by atoms with van der Waals surface area (Å²) in [5.74, 6) is 0.00912. The van der Waals surface area contributed by atoms with E-state index in [1.165, 1.54) is 5.56 Å². The van der Waals surface area contributed by atoms with Crippen molar-refractivity contribution >= 4 is 5.91 Å². The van der Waals surface area contributed by atoms with Crippen LogP contribution in [0.25, 0.3) is 0 Å². The minimum absolute atomic E-state index is 0. The van der Waals surface area contributed by atoms with Crippen molar-refractivity contribution in [3.05, 3.63) is 35.4 Å². The first-order valence-corrected chi connectivity index (χ1v) is 7.90. The topological polar surface area (TPSA) is 32.3 Å². The van der Waals surface area contributed by atoms with Crippen molar-refractivity contribution in [3.8, 4) is 0 Å². The van der Waals surface area contributed by atoms with Gasteiger partial charge in [-0.15, -0.1) is 0 Å². The zero-order chi connectivity index (χ0) is 16.5. The van der Waals surface area contributed by atoms with Gasteiger partial charge in [0, 0.05) is 19.1 Å². The third-order valence-corrected chi connectivity index (χ3v) is 3.04. The number of carbonyl (C=O) groups excluding carboxylic acids is 1. The highest BCUT2D eigenvalue weighted by Gasteiger charge is 2.19. The molecule has 1 rings (SSSR count). The van der Waals surface area contributed by atoms with E-state index in [4.69, 9.17) is 0 Å². The first-order valence-electron chi connectivity index (χ1n) is 7.90. The van der Waals surface area contributed by atoms with Crippen molar-refractivity contribution in [2.75, 3.05) is 14.1 Å². The molecule has 0 fully saturated rings. The summed E-state index contributed by atoms with van der Waals surface area (Å²) in [4.78, 5) is 14.3. The van der Waals surface area contributed by atoms with Crippen LogP contribution >= 0.6 is 0 Å². The SMILES string of the molecule is CC.CCCC(C)(C)NC(=O)c1ccc(CN(C)C)cc1.[HH]. The van der Waals surface area contributed by atoms with Gasteiger partial charge in [-0.1, -0.05) is 39.3 Å². The summed E-state index contributed by atoms with van der Waals surface area (Å²) in [6, 6.07) is 7.83. The molecular weight excluding hydrogens is 260 g/mol. The molecule has 0 aliphatic heterocycles. The molecule has 1 amide bonds. The van der Waals surface area contributed by atoms with Gasteiger partial charge in [0.15, 0.2) is 0 Å². The Labute approximate surface area is 132 Å². The molecule has 0 aromatic heterocycles. The zero-order valence-electron chi connectivity index (χ0n) is 14.8. The molecular formula is C18H34N2O. The number of nitrogens with one attached hydrogen (secondary N) is 1. The molecule has 3 nitrogen and oxygen atoms in total.